The Morgan fingerprint density at radius 3 is 2.32 bits per heavy atom. The van der Waals surface area contributed by atoms with E-state index in [9.17, 15) is 9.59 Å². The lowest BCUT2D eigenvalue weighted by atomic mass is 10.2. The van der Waals surface area contributed by atoms with Crippen LogP contribution in [-0.2, 0) is 9.53 Å². The van der Waals surface area contributed by atoms with E-state index in [4.69, 9.17) is 44.3 Å². The molecule has 0 aromatic heterocycles. The first-order valence-corrected chi connectivity index (χ1v) is 8.25. The molecule has 1 atom stereocenters. The molecule has 5 nitrogen and oxygen atoms in total. The normalized spacial score (nSPS) is 11.6. The lowest BCUT2D eigenvalue weighted by Crippen LogP contribution is -2.30. The van der Waals surface area contributed by atoms with Gasteiger partial charge in [0, 0.05) is 5.69 Å². The molecular formula is C17H14Cl3NO4. The molecule has 2 rings (SSSR count). The van der Waals surface area contributed by atoms with Crippen molar-refractivity contribution >= 4 is 52.4 Å². The van der Waals surface area contributed by atoms with Crippen molar-refractivity contribution in [1.82, 2.24) is 0 Å². The van der Waals surface area contributed by atoms with Crippen LogP contribution in [0.5, 0.6) is 5.75 Å². The second-order valence-electron chi connectivity index (χ2n) is 5.02. The van der Waals surface area contributed by atoms with E-state index in [-0.39, 0.29) is 10.6 Å². The molecule has 132 valence electrons. The van der Waals surface area contributed by atoms with Crippen LogP contribution in [0.3, 0.4) is 0 Å². The Labute approximate surface area is 159 Å². The lowest BCUT2D eigenvalue weighted by molar-refractivity contribution is -0.123. The Bertz CT molecular complexity index is 810. The average molecular weight is 403 g/mol. The van der Waals surface area contributed by atoms with E-state index in [0.29, 0.717) is 21.5 Å². The summed E-state index contributed by atoms with van der Waals surface area (Å²) in [7, 11) is 1.49. The van der Waals surface area contributed by atoms with Gasteiger partial charge in [-0.1, -0.05) is 34.8 Å². The van der Waals surface area contributed by atoms with Crippen LogP contribution >= 0.6 is 34.8 Å². The summed E-state index contributed by atoms with van der Waals surface area (Å²) >= 11 is 17.7. The molecule has 0 unspecified atom stereocenters. The number of hydrogen-bond acceptors (Lipinski definition) is 4. The van der Waals surface area contributed by atoms with Gasteiger partial charge in [-0.15, -0.1) is 0 Å². The van der Waals surface area contributed by atoms with Crippen LogP contribution in [0.15, 0.2) is 36.4 Å². The van der Waals surface area contributed by atoms with Crippen molar-refractivity contribution in [1.29, 1.82) is 0 Å². The van der Waals surface area contributed by atoms with Crippen LogP contribution in [0.2, 0.25) is 15.1 Å². The number of amides is 1. The smallest absolute Gasteiger partial charge is 0.338 e. The monoisotopic (exact) mass is 401 g/mol. The van der Waals surface area contributed by atoms with Crippen LogP contribution in [0.1, 0.15) is 17.3 Å². The van der Waals surface area contributed by atoms with Gasteiger partial charge in [0.2, 0.25) is 0 Å². The summed E-state index contributed by atoms with van der Waals surface area (Å²) in [4.78, 5) is 24.2. The van der Waals surface area contributed by atoms with Gasteiger partial charge in [0.1, 0.15) is 5.75 Å². The molecule has 0 heterocycles. The molecule has 25 heavy (non-hydrogen) atoms. The van der Waals surface area contributed by atoms with E-state index >= 15 is 0 Å². The van der Waals surface area contributed by atoms with Crippen molar-refractivity contribution in [2.45, 2.75) is 13.0 Å². The Morgan fingerprint density at radius 1 is 1.00 bits per heavy atom. The molecule has 0 fully saturated rings. The number of ether oxygens (including phenoxy) is 2. The largest absolute Gasteiger partial charge is 0.495 e. The van der Waals surface area contributed by atoms with Crippen LogP contribution < -0.4 is 10.1 Å². The highest BCUT2D eigenvalue weighted by atomic mass is 35.5. The third-order valence-electron chi connectivity index (χ3n) is 3.23. The summed E-state index contributed by atoms with van der Waals surface area (Å²) in [6, 6.07) is 9.08. The van der Waals surface area contributed by atoms with Gasteiger partial charge in [0.15, 0.2) is 6.10 Å². The maximum Gasteiger partial charge on any atom is 0.338 e. The number of esters is 1. The van der Waals surface area contributed by atoms with Gasteiger partial charge in [-0.2, -0.15) is 0 Å². The molecule has 0 radical (unpaired) electrons. The molecule has 2 aromatic carbocycles. The Morgan fingerprint density at radius 2 is 1.72 bits per heavy atom. The molecule has 2 aromatic rings. The number of carbonyl (C=O) groups excluding carboxylic acids is 2. The van der Waals surface area contributed by atoms with Crippen molar-refractivity contribution in [2.24, 2.45) is 0 Å². The van der Waals surface area contributed by atoms with E-state index in [0.717, 1.165) is 0 Å². The SMILES string of the molecule is COc1ccc(NC(=O)[C@@H](C)OC(=O)c2ccc(Cl)c(Cl)c2)cc1Cl. The summed E-state index contributed by atoms with van der Waals surface area (Å²) in [5.41, 5.74) is 0.648. The van der Waals surface area contributed by atoms with Crippen molar-refractivity contribution in [2.75, 3.05) is 12.4 Å². The summed E-state index contributed by atoms with van der Waals surface area (Å²) in [5, 5.41) is 3.50. The maximum atomic E-state index is 12.2. The van der Waals surface area contributed by atoms with Crippen molar-refractivity contribution < 1.29 is 19.1 Å². The van der Waals surface area contributed by atoms with E-state index in [2.05, 4.69) is 5.32 Å². The minimum absolute atomic E-state index is 0.196. The number of anilines is 1. The second-order valence-corrected chi connectivity index (χ2v) is 6.24. The van der Waals surface area contributed by atoms with E-state index in [1.807, 2.05) is 0 Å². The van der Waals surface area contributed by atoms with Gasteiger partial charge < -0.3 is 14.8 Å². The van der Waals surface area contributed by atoms with Crippen LogP contribution in [0.4, 0.5) is 5.69 Å². The highest BCUT2D eigenvalue weighted by Gasteiger charge is 2.20. The van der Waals surface area contributed by atoms with Crippen LogP contribution in [-0.4, -0.2) is 25.1 Å². The fourth-order valence-corrected chi connectivity index (χ4v) is 2.45. The van der Waals surface area contributed by atoms with E-state index < -0.39 is 18.0 Å². The number of benzene rings is 2. The van der Waals surface area contributed by atoms with Crippen LogP contribution in [0.25, 0.3) is 0 Å². The topological polar surface area (TPSA) is 64.6 Å². The molecule has 8 heteroatoms. The zero-order valence-electron chi connectivity index (χ0n) is 13.3. The fraction of sp³-hybridized carbons (Fsp3) is 0.176. The van der Waals surface area contributed by atoms with Gasteiger partial charge in [0.05, 0.1) is 27.7 Å². The van der Waals surface area contributed by atoms with Crippen molar-refractivity contribution in [3.63, 3.8) is 0 Å². The maximum absolute atomic E-state index is 12.2. The molecule has 0 aliphatic carbocycles. The third-order valence-corrected chi connectivity index (χ3v) is 4.26. The Hall–Kier alpha value is -1.95. The lowest BCUT2D eigenvalue weighted by Gasteiger charge is -2.14. The van der Waals surface area contributed by atoms with Gasteiger partial charge in [0.25, 0.3) is 5.91 Å². The van der Waals surface area contributed by atoms with E-state index in [1.165, 1.54) is 38.3 Å². The summed E-state index contributed by atoms with van der Waals surface area (Å²) in [6.45, 7) is 1.45. The first-order valence-electron chi connectivity index (χ1n) is 7.12. The number of methoxy groups -OCH3 is 1. The van der Waals surface area contributed by atoms with Gasteiger partial charge in [-0.25, -0.2) is 4.79 Å². The van der Waals surface area contributed by atoms with Gasteiger partial charge >= 0.3 is 5.97 Å². The number of carbonyl (C=O) groups is 2. The molecule has 0 aliphatic rings. The van der Waals surface area contributed by atoms with Gasteiger partial charge in [-0.3, -0.25) is 4.79 Å². The van der Waals surface area contributed by atoms with Crippen molar-refractivity contribution in [3.05, 3.63) is 57.0 Å². The number of hydrogen-bond donors (Lipinski definition) is 1. The Kier molecular flexibility index (Phi) is 6.53. The summed E-state index contributed by atoms with van der Waals surface area (Å²) < 4.78 is 10.2. The van der Waals surface area contributed by atoms with Crippen LogP contribution in [0, 0.1) is 0 Å². The molecule has 0 spiro atoms. The predicted octanol–water partition coefficient (Wildman–Crippen LogP) is 4.84. The molecule has 1 amide bonds. The standard InChI is InChI=1S/C17H14Cl3NO4/c1-9(25-17(23)10-3-5-12(18)13(19)7-10)16(22)21-11-4-6-15(24-2)14(20)8-11/h3-9H,1-2H3,(H,21,22)/t9-/m1/s1. The summed E-state index contributed by atoms with van der Waals surface area (Å²) in [5.74, 6) is -0.706. The first kappa shape index (κ1) is 19.4. The number of halogens is 3. The molecular weight excluding hydrogens is 389 g/mol. The Balaban J connectivity index is 2.01. The van der Waals surface area contributed by atoms with Crippen molar-refractivity contribution in [3.8, 4) is 5.75 Å². The fourth-order valence-electron chi connectivity index (χ4n) is 1.89. The molecule has 1 N–H and O–H groups in total. The molecule has 0 saturated heterocycles. The number of rotatable bonds is 5. The highest BCUT2D eigenvalue weighted by Crippen LogP contribution is 2.27. The minimum Gasteiger partial charge on any atom is -0.495 e. The zero-order valence-corrected chi connectivity index (χ0v) is 15.6. The molecule has 0 aliphatic heterocycles. The number of nitrogens with one attached hydrogen (secondary N) is 1. The molecule has 0 bridgehead atoms. The highest BCUT2D eigenvalue weighted by molar-refractivity contribution is 6.42. The first-order chi connectivity index (χ1) is 11.8. The van der Waals surface area contributed by atoms with Gasteiger partial charge in [-0.05, 0) is 43.3 Å². The predicted molar refractivity (Wildman–Crippen MR) is 98.0 cm³/mol. The summed E-state index contributed by atoms with van der Waals surface area (Å²) in [6.07, 6.45) is -1.03. The average Bonchev–Trinajstić information content (AvgIpc) is 2.57. The minimum atomic E-state index is -1.03. The quantitative estimate of drug-likeness (QED) is 0.727. The molecule has 0 saturated carbocycles. The second kappa shape index (κ2) is 8.43. The third kappa shape index (κ3) is 5.01. The zero-order chi connectivity index (χ0) is 18.6. The van der Waals surface area contributed by atoms with E-state index in [1.54, 1.807) is 12.1 Å².